The van der Waals surface area contributed by atoms with Gasteiger partial charge in [-0.1, -0.05) is 231 Å². The summed E-state index contributed by atoms with van der Waals surface area (Å²) in [5.74, 6) is 0. The molecular formula is C77H50N4. The summed E-state index contributed by atoms with van der Waals surface area (Å²) in [5.41, 5.74) is 18.8. The molecule has 0 aliphatic carbocycles. The molecule has 0 saturated heterocycles. The second-order valence-corrected chi connectivity index (χ2v) is 21.7. The first kappa shape index (κ1) is 45.5. The molecule has 4 nitrogen and oxygen atoms in total. The molecule has 0 bridgehead atoms. The molecule has 81 heavy (non-hydrogen) atoms. The topological polar surface area (TPSA) is 24.3 Å². The second kappa shape index (κ2) is 17.5. The van der Waals surface area contributed by atoms with Crippen molar-refractivity contribution < 1.29 is 0 Å². The summed E-state index contributed by atoms with van der Waals surface area (Å²) in [6.45, 7) is 0. The normalized spacial score (nSPS) is 14.1. The zero-order valence-corrected chi connectivity index (χ0v) is 44.2. The van der Waals surface area contributed by atoms with Crippen molar-refractivity contribution in [1.29, 1.82) is 0 Å². The van der Waals surface area contributed by atoms with Crippen LogP contribution in [0.15, 0.2) is 304 Å². The smallest absolute Gasteiger partial charge is 0.0742 e. The van der Waals surface area contributed by atoms with Gasteiger partial charge in [-0.15, -0.1) is 0 Å². The van der Waals surface area contributed by atoms with Crippen molar-refractivity contribution in [2.45, 2.75) is 10.8 Å². The fraction of sp³-hybridized carbons (Fsp3) is 0.0260. The first-order chi connectivity index (χ1) is 40.2. The van der Waals surface area contributed by atoms with Gasteiger partial charge >= 0.3 is 0 Å². The van der Waals surface area contributed by atoms with Gasteiger partial charge in [-0.25, -0.2) is 0 Å². The Morgan fingerprint density at radius 3 is 1.14 bits per heavy atom. The number of para-hydroxylation sites is 4. The van der Waals surface area contributed by atoms with E-state index in [1.165, 1.54) is 87.6 Å². The third-order valence-electron chi connectivity index (χ3n) is 17.9. The third-order valence-corrected chi connectivity index (χ3v) is 17.9. The molecule has 0 unspecified atom stereocenters. The standard InChI is InChI=1S/C77H50N4/c1-5-21-53(22-6-1)76(54-23-7-2-8-24-54)62-30-14-18-34-69(62)80(70-35-19-15-31-63(70)76)67-43-39-51-38-42-60-68(44-40-52-37-41-59(67)74(51)75(52)60)81-71-36-20-16-32-64(71)77(55-25-9-3-10-26-55,56-27-11-4-12-28-56)65-49-61-58-29-13-17-33-66(58)79(72(61)50-73(65)81)57-45-47-78-48-46-57/h1-50H. The Morgan fingerprint density at radius 2 is 0.654 bits per heavy atom. The van der Waals surface area contributed by atoms with Gasteiger partial charge in [-0.2, -0.15) is 0 Å². The highest BCUT2D eigenvalue weighted by Crippen LogP contribution is 2.62. The molecule has 2 aliphatic rings. The van der Waals surface area contributed by atoms with Gasteiger partial charge < -0.3 is 14.4 Å². The minimum atomic E-state index is -0.683. The molecule has 0 N–H and O–H groups in total. The van der Waals surface area contributed by atoms with Crippen LogP contribution in [-0.4, -0.2) is 9.55 Å². The predicted molar refractivity (Wildman–Crippen MR) is 335 cm³/mol. The number of anilines is 6. The number of benzene rings is 13. The Kier molecular flexibility index (Phi) is 9.81. The van der Waals surface area contributed by atoms with Crippen molar-refractivity contribution in [3.8, 4) is 5.69 Å². The molecule has 13 aromatic carbocycles. The fourth-order valence-electron chi connectivity index (χ4n) is 14.8. The van der Waals surface area contributed by atoms with Gasteiger partial charge in [0.1, 0.15) is 0 Å². The van der Waals surface area contributed by atoms with E-state index in [2.05, 4.69) is 311 Å². The Hall–Kier alpha value is -10.6. The van der Waals surface area contributed by atoms with Crippen LogP contribution in [-0.2, 0) is 10.8 Å². The lowest BCUT2D eigenvalue weighted by Gasteiger charge is -2.47. The lowest BCUT2D eigenvalue weighted by molar-refractivity contribution is 0.731. The second-order valence-electron chi connectivity index (χ2n) is 21.7. The van der Waals surface area contributed by atoms with Gasteiger partial charge in [0.15, 0.2) is 0 Å². The molecule has 0 spiro atoms. The van der Waals surface area contributed by atoms with Crippen molar-refractivity contribution in [3.63, 3.8) is 0 Å². The third kappa shape index (κ3) is 6.22. The number of nitrogens with zero attached hydrogens (tertiary/aromatic N) is 4. The number of aromatic nitrogens is 2. The predicted octanol–water partition coefficient (Wildman–Crippen LogP) is 19.4. The summed E-state index contributed by atoms with van der Waals surface area (Å²) in [7, 11) is 0. The molecule has 0 saturated carbocycles. The van der Waals surface area contributed by atoms with E-state index in [-0.39, 0.29) is 0 Å². The number of rotatable bonds is 7. The molecule has 4 heterocycles. The highest BCUT2D eigenvalue weighted by atomic mass is 15.2. The maximum Gasteiger partial charge on any atom is 0.0742 e. The number of hydrogen-bond donors (Lipinski definition) is 0. The zero-order chi connectivity index (χ0) is 53.2. The summed E-state index contributed by atoms with van der Waals surface area (Å²) in [4.78, 5) is 9.59. The molecule has 15 aromatic rings. The summed E-state index contributed by atoms with van der Waals surface area (Å²) in [5, 5.41) is 9.72. The van der Waals surface area contributed by atoms with Crippen LogP contribution in [0.4, 0.5) is 34.1 Å². The van der Waals surface area contributed by atoms with Crippen LogP contribution in [0.25, 0.3) is 59.8 Å². The van der Waals surface area contributed by atoms with Gasteiger partial charge in [0, 0.05) is 39.6 Å². The van der Waals surface area contributed by atoms with Crippen LogP contribution >= 0.6 is 0 Å². The van der Waals surface area contributed by atoms with E-state index in [1.807, 2.05) is 12.4 Å². The van der Waals surface area contributed by atoms with Crippen LogP contribution in [0.5, 0.6) is 0 Å². The van der Waals surface area contributed by atoms with Crippen LogP contribution in [0.3, 0.4) is 0 Å². The van der Waals surface area contributed by atoms with Crippen LogP contribution in [0, 0.1) is 0 Å². The minimum absolute atomic E-state index is 0.567. The average molecular weight is 1030 g/mol. The summed E-state index contributed by atoms with van der Waals surface area (Å²) in [6, 6.07) is 109. The van der Waals surface area contributed by atoms with Crippen LogP contribution in [0.2, 0.25) is 0 Å². The molecule has 0 amide bonds. The van der Waals surface area contributed by atoms with E-state index < -0.39 is 10.8 Å². The van der Waals surface area contributed by atoms with Gasteiger partial charge in [0.2, 0.25) is 0 Å². The van der Waals surface area contributed by atoms with E-state index in [1.54, 1.807) is 0 Å². The molecule has 2 aliphatic heterocycles. The van der Waals surface area contributed by atoms with Crippen LogP contribution in [0.1, 0.15) is 44.5 Å². The first-order valence-electron chi connectivity index (χ1n) is 28.0. The van der Waals surface area contributed by atoms with Gasteiger partial charge in [0.05, 0.1) is 56.0 Å². The van der Waals surface area contributed by atoms with Crippen molar-refractivity contribution in [3.05, 3.63) is 348 Å². The summed E-state index contributed by atoms with van der Waals surface area (Å²) >= 11 is 0. The molecular weight excluding hydrogens is 981 g/mol. The SMILES string of the molecule is c1ccc(C2(c3ccccc3)c3ccccc3N(c3ccc4ccc5c(N6c7ccccc7C(c7ccccc7)(c7ccccc7)c7cc8c9ccccc9n(-c9ccncc9)c8cc76)ccc6ccc3c4c65)c3ccccc32)cc1. The maximum absolute atomic E-state index is 4.47. The number of pyridine rings is 1. The van der Waals surface area contributed by atoms with E-state index in [4.69, 9.17) is 0 Å². The highest BCUT2D eigenvalue weighted by molar-refractivity contribution is 6.28. The van der Waals surface area contributed by atoms with Gasteiger partial charge in [0.25, 0.3) is 0 Å². The van der Waals surface area contributed by atoms with Crippen molar-refractivity contribution in [2.75, 3.05) is 9.80 Å². The van der Waals surface area contributed by atoms with Gasteiger partial charge in [-0.05, 0) is 127 Å². The van der Waals surface area contributed by atoms with Crippen molar-refractivity contribution in [1.82, 2.24) is 9.55 Å². The number of hydrogen-bond acceptors (Lipinski definition) is 3. The van der Waals surface area contributed by atoms with Crippen molar-refractivity contribution in [2.24, 2.45) is 0 Å². The maximum atomic E-state index is 4.47. The van der Waals surface area contributed by atoms with E-state index in [9.17, 15) is 0 Å². The molecule has 0 atom stereocenters. The lowest BCUT2D eigenvalue weighted by atomic mass is 9.62. The molecule has 0 radical (unpaired) electrons. The minimum Gasteiger partial charge on any atom is -0.309 e. The molecule has 2 aromatic heterocycles. The summed E-state index contributed by atoms with van der Waals surface area (Å²) < 4.78 is 2.42. The fourth-order valence-corrected chi connectivity index (χ4v) is 14.8. The lowest BCUT2D eigenvalue weighted by Crippen LogP contribution is -2.37. The van der Waals surface area contributed by atoms with Crippen LogP contribution < -0.4 is 9.80 Å². The highest BCUT2D eigenvalue weighted by Gasteiger charge is 2.49. The molecule has 4 heteroatoms. The quantitative estimate of drug-likeness (QED) is 0.149. The number of fused-ring (bicyclic) bond motifs is 7. The largest absolute Gasteiger partial charge is 0.309 e. The molecule has 0 fully saturated rings. The van der Waals surface area contributed by atoms with Gasteiger partial charge in [-0.3, -0.25) is 4.98 Å². The Balaban J connectivity index is 0.949. The average Bonchev–Trinajstić information content (AvgIpc) is 4.09. The molecule has 17 rings (SSSR count). The Bertz CT molecular complexity index is 4810. The van der Waals surface area contributed by atoms with E-state index >= 15 is 0 Å². The summed E-state index contributed by atoms with van der Waals surface area (Å²) in [6.07, 6.45) is 3.79. The van der Waals surface area contributed by atoms with E-state index in [0.717, 1.165) is 50.8 Å². The monoisotopic (exact) mass is 1030 g/mol. The van der Waals surface area contributed by atoms with Crippen molar-refractivity contribution >= 4 is 88.2 Å². The van der Waals surface area contributed by atoms with E-state index in [0.29, 0.717) is 0 Å². The Morgan fingerprint density at radius 1 is 0.259 bits per heavy atom. The first-order valence-corrected chi connectivity index (χ1v) is 28.0. The zero-order valence-electron chi connectivity index (χ0n) is 44.2. The Labute approximate surface area is 469 Å². The molecule has 378 valence electrons.